The lowest BCUT2D eigenvalue weighted by Gasteiger charge is -2.10. The fraction of sp³-hybridized carbons (Fsp3) is 0.231. The smallest absolute Gasteiger partial charge is 0.174 e. The minimum absolute atomic E-state index is 0.0280. The zero-order valence-electron chi connectivity index (χ0n) is 9.62. The third kappa shape index (κ3) is 2.17. The molecule has 86 valence electrons. The first kappa shape index (κ1) is 11.7. The van der Waals surface area contributed by atoms with Crippen molar-refractivity contribution in [1.29, 1.82) is 5.26 Å². The van der Waals surface area contributed by atoms with Gasteiger partial charge in [0.05, 0.1) is 5.52 Å². The Morgan fingerprint density at radius 2 is 2.18 bits per heavy atom. The Hall–Kier alpha value is -1.79. The molecule has 0 saturated heterocycles. The van der Waals surface area contributed by atoms with Crippen LogP contribution in [0.4, 0.5) is 0 Å². The second-order valence-corrected chi connectivity index (χ2v) is 4.18. The number of rotatable bonds is 2. The van der Waals surface area contributed by atoms with E-state index in [2.05, 4.69) is 4.98 Å². The minimum Gasteiger partial charge on any atom is -0.478 e. The third-order valence-electron chi connectivity index (χ3n) is 2.55. The predicted octanol–water partition coefficient (Wildman–Crippen LogP) is 3.41. The number of benzene rings is 1. The summed E-state index contributed by atoms with van der Waals surface area (Å²) in [5.74, 6) is 0.675. The lowest BCUT2D eigenvalue weighted by Crippen LogP contribution is -1.97. The van der Waals surface area contributed by atoms with Gasteiger partial charge in [0.1, 0.15) is 11.8 Å². The summed E-state index contributed by atoms with van der Waals surface area (Å²) in [6, 6.07) is 7.46. The minimum atomic E-state index is 0.0280. The van der Waals surface area contributed by atoms with Crippen LogP contribution in [0.2, 0.25) is 5.02 Å². The van der Waals surface area contributed by atoms with Crippen LogP contribution in [0, 0.1) is 25.2 Å². The summed E-state index contributed by atoms with van der Waals surface area (Å²) in [6.45, 7) is 3.84. The summed E-state index contributed by atoms with van der Waals surface area (Å²) in [5, 5.41) is 10.1. The summed E-state index contributed by atoms with van der Waals surface area (Å²) in [5.41, 5.74) is 2.59. The second-order valence-electron chi connectivity index (χ2n) is 3.78. The van der Waals surface area contributed by atoms with Crippen molar-refractivity contribution in [1.82, 2.24) is 4.98 Å². The lowest BCUT2D eigenvalue weighted by molar-refractivity contribution is 0.372. The first-order valence-corrected chi connectivity index (χ1v) is 5.57. The van der Waals surface area contributed by atoms with E-state index in [1.54, 1.807) is 0 Å². The molecule has 0 aliphatic carbocycles. The van der Waals surface area contributed by atoms with E-state index in [0.717, 1.165) is 22.2 Å². The highest BCUT2D eigenvalue weighted by atomic mass is 35.5. The maximum atomic E-state index is 8.56. The molecule has 0 unspecified atom stereocenters. The van der Waals surface area contributed by atoms with E-state index in [-0.39, 0.29) is 6.61 Å². The number of fused-ring (bicyclic) bond motifs is 1. The number of pyridine rings is 1. The zero-order chi connectivity index (χ0) is 12.4. The molecule has 0 fully saturated rings. The molecule has 0 spiro atoms. The molecule has 3 nitrogen and oxygen atoms in total. The van der Waals surface area contributed by atoms with Gasteiger partial charge in [0.25, 0.3) is 0 Å². The predicted molar refractivity (Wildman–Crippen MR) is 67.3 cm³/mol. The molecule has 4 heteroatoms. The summed E-state index contributed by atoms with van der Waals surface area (Å²) in [6.07, 6.45) is 0. The second kappa shape index (κ2) is 4.60. The molecule has 0 atom stereocenters. The lowest BCUT2D eigenvalue weighted by atomic mass is 10.1. The monoisotopic (exact) mass is 246 g/mol. The highest BCUT2D eigenvalue weighted by Gasteiger charge is 2.09. The normalized spacial score (nSPS) is 10.2. The van der Waals surface area contributed by atoms with E-state index >= 15 is 0 Å². The Morgan fingerprint density at radius 3 is 2.88 bits per heavy atom. The van der Waals surface area contributed by atoms with Gasteiger partial charge in [0.15, 0.2) is 6.61 Å². The van der Waals surface area contributed by atoms with Crippen molar-refractivity contribution >= 4 is 22.5 Å². The molecule has 0 N–H and O–H groups in total. The first-order chi connectivity index (χ1) is 8.13. The highest BCUT2D eigenvalue weighted by Crippen LogP contribution is 2.30. The molecule has 1 aromatic carbocycles. The molecule has 17 heavy (non-hydrogen) atoms. The summed E-state index contributed by atoms with van der Waals surface area (Å²) in [4.78, 5) is 4.46. The van der Waals surface area contributed by atoms with Gasteiger partial charge in [-0.25, -0.2) is 0 Å². The maximum absolute atomic E-state index is 8.56. The van der Waals surface area contributed by atoms with E-state index in [0.29, 0.717) is 10.8 Å². The van der Waals surface area contributed by atoms with Gasteiger partial charge in [-0.05, 0) is 31.5 Å². The van der Waals surface area contributed by atoms with Crippen molar-refractivity contribution in [3.63, 3.8) is 0 Å². The van der Waals surface area contributed by atoms with Crippen molar-refractivity contribution in [3.05, 3.63) is 34.5 Å². The van der Waals surface area contributed by atoms with E-state index in [9.17, 15) is 0 Å². The molecule has 2 aromatic rings. The van der Waals surface area contributed by atoms with E-state index in [1.807, 2.05) is 38.1 Å². The molecular weight excluding hydrogens is 236 g/mol. The van der Waals surface area contributed by atoms with Crippen LogP contribution in [-0.4, -0.2) is 11.6 Å². The molecule has 0 aliphatic rings. The van der Waals surface area contributed by atoms with Crippen LogP contribution >= 0.6 is 11.6 Å². The molecule has 0 radical (unpaired) electrons. The Balaban J connectivity index is 2.69. The molecule has 0 saturated carbocycles. The zero-order valence-corrected chi connectivity index (χ0v) is 10.4. The van der Waals surface area contributed by atoms with Gasteiger partial charge in [0, 0.05) is 22.2 Å². The Kier molecular flexibility index (Phi) is 3.16. The van der Waals surface area contributed by atoms with E-state index in [1.165, 1.54) is 0 Å². The molecule has 1 aromatic heterocycles. The Labute approximate surface area is 105 Å². The summed E-state index contributed by atoms with van der Waals surface area (Å²) < 4.78 is 5.40. The molecule has 0 amide bonds. The van der Waals surface area contributed by atoms with Crippen molar-refractivity contribution < 1.29 is 4.74 Å². The topological polar surface area (TPSA) is 45.9 Å². The molecule has 1 heterocycles. The van der Waals surface area contributed by atoms with Crippen molar-refractivity contribution in [2.24, 2.45) is 0 Å². The Morgan fingerprint density at radius 1 is 1.41 bits per heavy atom. The van der Waals surface area contributed by atoms with Crippen molar-refractivity contribution in [3.8, 4) is 11.8 Å². The fourth-order valence-corrected chi connectivity index (χ4v) is 1.88. The number of aromatic nitrogens is 1. The largest absolute Gasteiger partial charge is 0.478 e. The highest BCUT2D eigenvalue weighted by molar-refractivity contribution is 6.32. The van der Waals surface area contributed by atoms with Crippen molar-refractivity contribution in [2.75, 3.05) is 6.61 Å². The van der Waals surface area contributed by atoms with Gasteiger partial charge >= 0.3 is 0 Å². The van der Waals surface area contributed by atoms with Crippen molar-refractivity contribution in [2.45, 2.75) is 13.8 Å². The van der Waals surface area contributed by atoms with Gasteiger partial charge in [0.2, 0.25) is 0 Å². The summed E-state index contributed by atoms with van der Waals surface area (Å²) in [7, 11) is 0. The number of nitrogens with zero attached hydrogens (tertiary/aromatic N) is 2. The van der Waals surface area contributed by atoms with Crippen LogP contribution in [0.25, 0.3) is 10.9 Å². The standard InChI is InChI=1S/C13H11ClN2O/c1-8-7-12(17-6-5-15)10-3-4-11(14)9(2)13(10)16-8/h3-4,7H,6H2,1-2H3. The summed E-state index contributed by atoms with van der Waals surface area (Å²) >= 11 is 6.06. The van der Waals surface area contributed by atoms with Gasteiger partial charge in [-0.1, -0.05) is 11.6 Å². The van der Waals surface area contributed by atoms with Gasteiger partial charge in [-0.15, -0.1) is 0 Å². The number of aryl methyl sites for hydroxylation is 2. The number of nitriles is 1. The quantitative estimate of drug-likeness (QED) is 0.816. The molecular formula is C13H11ClN2O. The average Bonchev–Trinajstić information content (AvgIpc) is 2.31. The Bertz CT molecular complexity index is 617. The van der Waals surface area contributed by atoms with Gasteiger partial charge in [-0.2, -0.15) is 5.26 Å². The fourth-order valence-electron chi connectivity index (χ4n) is 1.72. The van der Waals surface area contributed by atoms with E-state index in [4.69, 9.17) is 21.6 Å². The number of hydrogen-bond donors (Lipinski definition) is 0. The number of halogens is 1. The van der Waals surface area contributed by atoms with Crippen LogP contribution in [0.15, 0.2) is 18.2 Å². The average molecular weight is 247 g/mol. The SMILES string of the molecule is Cc1cc(OCC#N)c2ccc(Cl)c(C)c2n1. The van der Waals surface area contributed by atoms with Gasteiger partial charge < -0.3 is 4.74 Å². The van der Waals surface area contributed by atoms with Gasteiger partial charge in [-0.3, -0.25) is 4.98 Å². The molecule has 0 aliphatic heterocycles. The maximum Gasteiger partial charge on any atom is 0.174 e. The third-order valence-corrected chi connectivity index (χ3v) is 2.96. The van der Waals surface area contributed by atoms with Crippen LogP contribution < -0.4 is 4.74 Å². The van der Waals surface area contributed by atoms with Crippen LogP contribution in [0.1, 0.15) is 11.3 Å². The molecule has 0 bridgehead atoms. The number of hydrogen-bond acceptors (Lipinski definition) is 3. The van der Waals surface area contributed by atoms with E-state index < -0.39 is 0 Å². The first-order valence-electron chi connectivity index (χ1n) is 5.19. The van der Waals surface area contributed by atoms with Crippen LogP contribution in [0.3, 0.4) is 0 Å². The number of ether oxygens (including phenoxy) is 1. The van der Waals surface area contributed by atoms with Crippen LogP contribution in [0.5, 0.6) is 5.75 Å². The molecule has 2 rings (SSSR count). The van der Waals surface area contributed by atoms with Crippen LogP contribution in [-0.2, 0) is 0 Å².